The summed E-state index contributed by atoms with van der Waals surface area (Å²) in [6.07, 6.45) is 3.93. The molecule has 1 aliphatic rings. The minimum Gasteiger partial charge on any atom is -0.303 e. The van der Waals surface area contributed by atoms with Crippen molar-refractivity contribution in [2.45, 2.75) is 32.2 Å². The van der Waals surface area contributed by atoms with E-state index in [0.29, 0.717) is 18.2 Å². The Bertz CT molecular complexity index is 902. The van der Waals surface area contributed by atoms with Crippen LogP contribution in [0.2, 0.25) is 0 Å². The Morgan fingerprint density at radius 2 is 1.77 bits per heavy atom. The molecule has 0 saturated heterocycles. The van der Waals surface area contributed by atoms with Gasteiger partial charge in [-0.05, 0) is 43.5 Å². The molecule has 1 aliphatic carbocycles. The van der Waals surface area contributed by atoms with E-state index in [1.807, 2.05) is 61.5 Å². The predicted molar refractivity (Wildman–Crippen MR) is 102 cm³/mol. The number of carbonyl (C=O) groups is 1. The van der Waals surface area contributed by atoms with Gasteiger partial charge in [0.2, 0.25) is 0 Å². The molecular weight excluding hydrogens is 322 g/mol. The van der Waals surface area contributed by atoms with E-state index in [4.69, 9.17) is 0 Å². The first-order valence-electron chi connectivity index (χ1n) is 8.96. The van der Waals surface area contributed by atoms with E-state index in [0.717, 1.165) is 29.9 Å². The average Bonchev–Trinajstić information content (AvgIpc) is 3.53. The van der Waals surface area contributed by atoms with Crippen molar-refractivity contribution in [3.05, 3.63) is 89.5 Å². The largest absolute Gasteiger partial charge is 0.303 e. The molecule has 4 heteroatoms. The van der Waals surface area contributed by atoms with E-state index in [9.17, 15) is 4.79 Å². The molecule has 1 fully saturated rings. The van der Waals surface area contributed by atoms with Gasteiger partial charge in [-0.2, -0.15) is 0 Å². The van der Waals surface area contributed by atoms with E-state index < -0.39 is 0 Å². The van der Waals surface area contributed by atoms with Crippen molar-refractivity contribution in [1.82, 2.24) is 9.97 Å². The Labute approximate surface area is 153 Å². The van der Waals surface area contributed by atoms with Crippen LogP contribution in [-0.2, 0) is 6.54 Å². The second-order valence-electron chi connectivity index (χ2n) is 6.79. The second kappa shape index (κ2) is 7.08. The summed E-state index contributed by atoms with van der Waals surface area (Å²) >= 11 is 0. The maximum absolute atomic E-state index is 13.3. The molecule has 26 heavy (non-hydrogen) atoms. The lowest BCUT2D eigenvalue weighted by Crippen LogP contribution is -2.31. The van der Waals surface area contributed by atoms with E-state index in [2.05, 4.69) is 9.97 Å². The van der Waals surface area contributed by atoms with Gasteiger partial charge in [-0.25, -0.2) is 9.97 Å². The highest BCUT2D eigenvalue weighted by Gasteiger charge is 2.28. The van der Waals surface area contributed by atoms with Crippen LogP contribution in [0.5, 0.6) is 0 Å². The van der Waals surface area contributed by atoms with Crippen LogP contribution in [0.1, 0.15) is 46.2 Å². The van der Waals surface area contributed by atoms with Crippen molar-refractivity contribution in [3.8, 4) is 0 Å². The highest BCUT2D eigenvalue weighted by molar-refractivity contribution is 6.04. The topological polar surface area (TPSA) is 46.1 Å². The zero-order valence-corrected chi connectivity index (χ0v) is 14.8. The summed E-state index contributed by atoms with van der Waals surface area (Å²) in [5.74, 6) is 1.12. The smallest absolute Gasteiger partial charge is 0.277 e. The number of benzene rings is 2. The van der Waals surface area contributed by atoms with Crippen LogP contribution in [0.25, 0.3) is 0 Å². The molecule has 130 valence electrons. The fourth-order valence-electron chi connectivity index (χ4n) is 2.94. The molecule has 1 heterocycles. The molecule has 1 aromatic heterocycles. The van der Waals surface area contributed by atoms with Crippen LogP contribution in [0, 0.1) is 6.92 Å². The molecule has 4 rings (SSSR count). The van der Waals surface area contributed by atoms with Crippen molar-refractivity contribution in [1.29, 1.82) is 0 Å². The highest BCUT2D eigenvalue weighted by Crippen LogP contribution is 2.37. The molecule has 0 N–H and O–H groups in total. The molecule has 0 unspecified atom stereocenters. The van der Waals surface area contributed by atoms with Gasteiger partial charge in [-0.1, -0.05) is 48.0 Å². The molecule has 4 nitrogen and oxygen atoms in total. The van der Waals surface area contributed by atoms with E-state index >= 15 is 0 Å². The lowest BCUT2D eigenvalue weighted by molar-refractivity contribution is 0.0980. The lowest BCUT2D eigenvalue weighted by Gasteiger charge is -2.23. The third kappa shape index (κ3) is 3.64. The zero-order valence-electron chi connectivity index (χ0n) is 14.8. The Kier molecular flexibility index (Phi) is 4.48. The summed E-state index contributed by atoms with van der Waals surface area (Å²) in [6, 6.07) is 19.7. The summed E-state index contributed by atoms with van der Waals surface area (Å²) in [7, 11) is 0. The van der Waals surface area contributed by atoms with Gasteiger partial charge in [0.15, 0.2) is 0 Å². The molecule has 3 aromatic rings. The first-order chi connectivity index (χ1) is 12.7. The highest BCUT2D eigenvalue weighted by atomic mass is 16.2. The van der Waals surface area contributed by atoms with Crippen molar-refractivity contribution in [2.75, 3.05) is 4.90 Å². The number of amides is 1. The summed E-state index contributed by atoms with van der Waals surface area (Å²) in [5.41, 5.74) is 3.58. The minimum absolute atomic E-state index is 0.0954. The maximum Gasteiger partial charge on any atom is 0.277 e. The molecule has 0 spiro atoms. The van der Waals surface area contributed by atoms with Gasteiger partial charge < -0.3 is 4.90 Å². The van der Waals surface area contributed by atoms with Gasteiger partial charge >= 0.3 is 0 Å². The van der Waals surface area contributed by atoms with E-state index in [1.54, 1.807) is 17.2 Å². The van der Waals surface area contributed by atoms with Gasteiger partial charge in [0, 0.05) is 17.8 Å². The number of rotatable bonds is 5. The van der Waals surface area contributed by atoms with Crippen LogP contribution in [0.4, 0.5) is 5.69 Å². The van der Waals surface area contributed by atoms with Crippen molar-refractivity contribution >= 4 is 11.6 Å². The summed E-state index contributed by atoms with van der Waals surface area (Å²) in [5, 5.41) is 0. The number of hydrogen-bond donors (Lipinski definition) is 0. The summed E-state index contributed by atoms with van der Waals surface area (Å²) < 4.78 is 0. The Morgan fingerprint density at radius 3 is 2.46 bits per heavy atom. The summed E-state index contributed by atoms with van der Waals surface area (Å²) in [4.78, 5) is 23.9. The standard InChI is InChI=1S/C22H21N3O/c1-16-7-11-19(12-8-16)25(15-17-5-3-2-4-6-17)22(26)20-13-14-23-21(24-20)18-9-10-18/h2-8,11-14,18H,9-10,15H2,1H3. The first kappa shape index (κ1) is 16.5. The number of anilines is 1. The molecule has 0 bridgehead atoms. The van der Waals surface area contributed by atoms with Crippen LogP contribution in [0.15, 0.2) is 66.9 Å². The van der Waals surface area contributed by atoms with Crippen molar-refractivity contribution < 1.29 is 4.79 Å². The number of carbonyl (C=O) groups excluding carboxylic acids is 1. The van der Waals surface area contributed by atoms with Crippen LogP contribution >= 0.6 is 0 Å². The monoisotopic (exact) mass is 343 g/mol. The average molecular weight is 343 g/mol. The van der Waals surface area contributed by atoms with Crippen LogP contribution in [0.3, 0.4) is 0 Å². The molecule has 0 aliphatic heterocycles. The minimum atomic E-state index is -0.0954. The number of hydrogen-bond acceptors (Lipinski definition) is 3. The van der Waals surface area contributed by atoms with E-state index in [-0.39, 0.29) is 5.91 Å². The van der Waals surface area contributed by atoms with Crippen molar-refractivity contribution in [2.24, 2.45) is 0 Å². The fraction of sp³-hybridized carbons (Fsp3) is 0.227. The number of aryl methyl sites for hydroxylation is 1. The normalized spacial score (nSPS) is 13.4. The van der Waals surface area contributed by atoms with Crippen LogP contribution < -0.4 is 4.90 Å². The van der Waals surface area contributed by atoms with Gasteiger partial charge in [0.25, 0.3) is 5.91 Å². The fourth-order valence-corrected chi connectivity index (χ4v) is 2.94. The molecule has 0 atom stereocenters. The Hall–Kier alpha value is -3.01. The Balaban J connectivity index is 1.68. The summed E-state index contributed by atoms with van der Waals surface area (Å²) in [6.45, 7) is 2.55. The predicted octanol–water partition coefficient (Wildman–Crippen LogP) is 4.51. The molecule has 2 aromatic carbocycles. The first-order valence-corrected chi connectivity index (χ1v) is 8.96. The van der Waals surface area contributed by atoms with Crippen LogP contribution in [-0.4, -0.2) is 15.9 Å². The second-order valence-corrected chi connectivity index (χ2v) is 6.79. The Morgan fingerprint density at radius 1 is 1.04 bits per heavy atom. The maximum atomic E-state index is 13.3. The van der Waals surface area contributed by atoms with Crippen molar-refractivity contribution in [3.63, 3.8) is 0 Å². The number of nitrogens with zero attached hydrogens (tertiary/aromatic N) is 3. The van der Waals surface area contributed by atoms with E-state index in [1.165, 1.54) is 5.56 Å². The van der Waals surface area contributed by atoms with Gasteiger partial charge in [-0.3, -0.25) is 4.79 Å². The van der Waals surface area contributed by atoms with Gasteiger partial charge in [0.05, 0.1) is 6.54 Å². The zero-order chi connectivity index (χ0) is 17.9. The number of aromatic nitrogens is 2. The SMILES string of the molecule is Cc1ccc(N(Cc2ccccc2)C(=O)c2ccnc(C3CC3)n2)cc1. The third-order valence-electron chi connectivity index (χ3n) is 4.61. The molecule has 0 radical (unpaired) electrons. The molecular formula is C22H21N3O. The molecule has 1 saturated carbocycles. The third-order valence-corrected chi connectivity index (χ3v) is 4.61. The molecule has 1 amide bonds. The van der Waals surface area contributed by atoms with Gasteiger partial charge in [-0.15, -0.1) is 0 Å². The van der Waals surface area contributed by atoms with Gasteiger partial charge in [0.1, 0.15) is 11.5 Å². The lowest BCUT2D eigenvalue weighted by atomic mass is 10.1. The quantitative estimate of drug-likeness (QED) is 0.685.